The maximum absolute atomic E-state index is 11.4. The summed E-state index contributed by atoms with van der Waals surface area (Å²) < 4.78 is 10.5. The van der Waals surface area contributed by atoms with E-state index in [1.54, 1.807) is 12.1 Å². The third-order valence-corrected chi connectivity index (χ3v) is 3.15. The Morgan fingerprint density at radius 2 is 2.05 bits per heavy atom. The van der Waals surface area contributed by atoms with Gasteiger partial charge in [-0.1, -0.05) is 0 Å². The molecule has 0 aliphatic rings. The van der Waals surface area contributed by atoms with Crippen molar-refractivity contribution in [1.82, 2.24) is 4.90 Å². The second-order valence-corrected chi connectivity index (χ2v) is 5.00. The SMILES string of the molecule is CC(=O)Oc1ccc2oc(C=C(C)N(C)C)c([N+](=O)[O-])c2c1. The van der Waals surface area contributed by atoms with Crippen molar-refractivity contribution in [1.29, 1.82) is 0 Å². The van der Waals surface area contributed by atoms with Crippen LogP contribution in [0.25, 0.3) is 17.0 Å². The smallest absolute Gasteiger partial charge is 0.322 e. The molecule has 0 radical (unpaired) electrons. The quantitative estimate of drug-likeness (QED) is 0.373. The van der Waals surface area contributed by atoms with Crippen molar-refractivity contribution in [2.75, 3.05) is 14.1 Å². The third kappa shape index (κ3) is 3.08. The predicted octanol–water partition coefficient (Wildman–Crippen LogP) is 3.19. The van der Waals surface area contributed by atoms with E-state index in [4.69, 9.17) is 9.15 Å². The third-order valence-electron chi connectivity index (χ3n) is 3.15. The molecular weight excluding hydrogens is 288 g/mol. The molecule has 0 fully saturated rings. The molecule has 7 nitrogen and oxygen atoms in total. The molecule has 7 heteroatoms. The normalized spacial score (nSPS) is 11.5. The van der Waals surface area contributed by atoms with Gasteiger partial charge < -0.3 is 14.1 Å². The zero-order valence-electron chi connectivity index (χ0n) is 12.7. The zero-order chi connectivity index (χ0) is 16.4. The number of ether oxygens (including phenoxy) is 1. The van der Waals surface area contributed by atoms with Crippen LogP contribution in [-0.2, 0) is 4.79 Å². The van der Waals surface area contributed by atoms with Crippen LogP contribution in [-0.4, -0.2) is 29.9 Å². The highest BCUT2D eigenvalue weighted by Gasteiger charge is 2.24. The van der Waals surface area contributed by atoms with Crippen molar-refractivity contribution in [3.63, 3.8) is 0 Å². The average Bonchev–Trinajstić information content (AvgIpc) is 2.74. The van der Waals surface area contributed by atoms with E-state index in [1.807, 2.05) is 25.9 Å². The minimum absolute atomic E-state index is 0.148. The van der Waals surface area contributed by atoms with Crippen LogP contribution in [0.5, 0.6) is 5.75 Å². The van der Waals surface area contributed by atoms with Crippen LogP contribution >= 0.6 is 0 Å². The summed E-state index contributed by atoms with van der Waals surface area (Å²) in [5.74, 6) is -0.0935. The van der Waals surface area contributed by atoms with E-state index in [2.05, 4.69) is 0 Å². The van der Waals surface area contributed by atoms with E-state index in [-0.39, 0.29) is 17.2 Å². The number of carbonyl (C=O) groups excluding carboxylic acids is 1. The summed E-state index contributed by atoms with van der Waals surface area (Å²) in [5.41, 5.74) is 1.02. The Morgan fingerprint density at radius 3 is 2.59 bits per heavy atom. The molecule has 0 amide bonds. The molecular formula is C15H16N2O5. The molecule has 22 heavy (non-hydrogen) atoms. The molecule has 0 saturated heterocycles. The van der Waals surface area contributed by atoms with Crippen LogP contribution in [0.1, 0.15) is 19.6 Å². The van der Waals surface area contributed by atoms with Gasteiger partial charge in [-0.3, -0.25) is 14.9 Å². The molecule has 0 aliphatic heterocycles. The summed E-state index contributed by atoms with van der Waals surface area (Å²) in [6.07, 6.45) is 1.60. The van der Waals surface area contributed by atoms with Crippen molar-refractivity contribution in [3.8, 4) is 5.75 Å². The Bertz CT molecular complexity index is 774. The summed E-state index contributed by atoms with van der Waals surface area (Å²) in [6, 6.07) is 4.51. The van der Waals surface area contributed by atoms with E-state index in [0.29, 0.717) is 11.0 Å². The molecule has 0 unspecified atom stereocenters. The first kappa shape index (κ1) is 15.6. The lowest BCUT2D eigenvalue weighted by molar-refractivity contribution is -0.383. The van der Waals surface area contributed by atoms with Gasteiger partial charge in [-0.25, -0.2) is 0 Å². The van der Waals surface area contributed by atoms with Gasteiger partial charge in [0.1, 0.15) is 16.7 Å². The van der Waals surface area contributed by atoms with Gasteiger partial charge in [0.25, 0.3) is 0 Å². The van der Waals surface area contributed by atoms with Crippen LogP contribution in [0, 0.1) is 10.1 Å². The number of hydrogen-bond acceptors (Lipinski definition) is 6. The standard InChI is InChI=1S/C15H16N2O5/c1-9(16(3)4)7-14-15(17(19)20)12-8-11(21-10(2)18)5-6-13(12)22-14/h5-8H,1-4H3. The van der Waals surface area contributed by atoms with Gasteiger partial charge in [0.05, 0.1) is 4.92 Å². The minimum atomic E-state index is -0.502. The van der Waals surface area contributed by atoms with Crippen molar-refractivity contribution < 1.29 is 18.9 Å². The number of rotatable bonds is 4. The first-order valence-electron chi connectivity index (χ1n) is 6.54. The van der Waals surface area contributed by atoms with Crippen molar-refractivity contribution in [3.05, 3.63) is 39.8 Å². The number of carbonyl (C=O) groups is 1. The van der Waals surface area contributed by atoms with Crippen LogP contribution in [0.15, 0.2) is 28.3 Å². The van der Waals surface area contributed by atoms with E-state index < -0.39 is 10.9 Å². The van der Waals surface area contributed by atoms with E-state index in [0.717, 1.165) is 5.70 Å². The molecule has 1 aromatic carbocycles. The summed E-state index contributed by atoms with van der Waals surface area (Å²) in [5, 5.41) is 11.7. The molecule has 0 bridgehead atoms. The summed E-state index contributed by atoms with van der Waals surface area (Å²) in [7, 11) is 3.66. The lowest BCUT2D eigenvalue weighted by atomic mass is 10.2. The highest BCUT2D eigenvalue weighted by molar-refractivity contribution is 5.92. The van der Waals surface area contributed by atoms with Crippen LogP contribution < -0.4 is 4.74 Å². The fraction of sp³-hybridized carbons (Fsp3) is 0.267. The maximum atomic E-state index is 11.4. The van der Waals surface area contributed by atoms with Gasteiger partial charge in [0.15, 0.2) is 0 Å². The average molecular weight is 304 g/mol. The summed E-state index contributed by atoms with van der Waals surface area (Å²) in [4.78, 5) is 23.7. The van der Waals surface area contributed by atoms with E-state index >= 15 is 0 Å². The molecule has 1 aromatic heterocycles. The van der Waals surface area contributed by atoms with Gasteiger partial charge in [-0.05, 0) is 25.1 Å². The van der Waals surface area contributed by atoms with Crippen molar-refractivity contribution in [2.45, 2.75) is 13.8 Å². The van der Waals surface area contributed by atoms with E-state index in [9.17, 15) is 14.9 Å². The summed E-state index contributed by atoms with van der Waals surface area (Å²) >= 11 is 0. The van der Waals surface area contributed by atoms with Crippen LogP contribution in [0.3, 0.4) is 0 Å². The second-order valence-electron chi connectivity index (χ2n) is 5.00. The van der Waals surface area contributed by atoms with Gasteiger partial charge in [-0.2, -0.15) is 0 Å². The molecule has 116 valence electrons. The van der Waals surface area contributed by atoms with Crippen LogP contribution in [0.2, 0.25) is 0 Å². The summed E-state index contributed by atoms with van der Waals surface area (Å²) in [6.45, 7) is 3.09. The second kappa shape index (κ2) is 5.88. The molecule has 0 atom stereocenters. The van der Waals surface area contributed by atoms with Gasteiger partial charge in [0, 0.05) is 32.8 Å². The maximum Gasteiger partial charge on any atom is 0.322 e. The monoisotopic (exact) mass is 304 g/mol. The molecule has 2 aromatic rings. The topological polar surface area (TPSA) is 85.8 Å². The first-order chi connectivity index (χ1) is 10.3. The Labute approximate surface area is 126 Å². The minimum Gasteiger partial charge on any atom is -0.449 e. The van der Waals surface area contributed by atoms with Gasteiger partial charge in [-0.15, -0.1) is 0 Å². The zero-order valence-corrected chi connectivity index (χ0v) is 12.7. The number of esters is 1. The number of furan rings is 1. The molecule has 0 spiro atoms. The van der Waals surface area contributed by atoms with Crippen LogP contribution in [0.4, 0.5) is 5.69 Å². The van der Waals surface area contributed by atoms with E-state index in [1.165, 1.54) is 19.1 Å². The Kier molecular flexibility index (Phi) is 4.16. The number of nitrogens with zero attached hydrogens (tertiary/aromatic N) is 2. The molecule has 2 rings (SSSR count). The Morgan fingerprint density at radius 1 is 1.36 bits per heavy atom. The number of hydrogen-bond donors (Lipinski definition) is 0. The Hall–Kier alpha value is -2.83. The fourth-order valence-corrected chi connectivity index (χ4v) is 1.92. The number of nitro groups is 1. The molecule has 0 saturated carbocycles. The van der Waals surface area contributed by atoms with Gasteiger partial charge in [0.2, 0.25) is 5.76 Å². The van der Waals surface area contributed by atoms with Gasteiger partial charge >= 0.3 is 11.7 Å². The first-order valence-corrected chi connectivity index (χ1v) is 6.54. The lowest BCUT2D eigenvalue weighted by Crippen LogP contribution is -2.07. The highest BCUT2D eigenvalue weighted by atomic mass is 16.6. The van der Waals surface area contributed by atoms with Crippen molar-refractivity contribution in [2.24, 2.45) is 0 Å². The van der Waals surface area contributed by atoms with Crippen molar-refractivity contribution >= 4 is 28.7 Å². The number of fused-ring (bicyclic) bond motifs is 1. The predicted molar refractivity (Wildman–Crippen MR) is 81.5 cm³/mol. The molecule has 1 heterocycles. The Balaban J connectivity index is 2.63. The number of benzene rings is 1. The molecule has 0 aliphatic carbocycles. The molecule has 0 N–H and O–H groups in total. The fourth-order valence-electron chi connectivity index (χ4n) is 1.92. The largest absolute Gasteiger partial charge is 0.449 e. The highest BCUT2D eigenvalue weighted by Crippen LogP contribution is 2.36. The lowest BCUT2D eigenvalue weighted by Gasteiger charge is -2.11. The number of allylic oxidation sites excluding steroid dienone is 1.